The van der Waals surface area contributed by atoms with Crippen molar-refractivity contribution in [3.05, 3.63) is 54.9 Å². The number of rotatable bonds is 3. The quantitative estimate of drug-likeness (QED) is 0.786. The van der Waals surface area contributed by atoms with Gasteiger partial charge in [-0.15, -0.1) is 0 Å². The topological polar surface area (TPSA) is 41.0 Å². The first kappa shape index (κ1) is 12.4. The van der Waals surface area contributed by atoms with E-state index in [-0.39, 0.29) is 0 Å². The number of fused-ring (bicyclic) bond motifs is 1. The second-order valence-electron chi connectivity index (χ2n) is 4.80. The molecule has 0 saturated heterocycles. The summed E-state index contributed by atoms with van der Waals surface area (Å²) in [6, 6.07) is 14.2. The van der Waals surface area contributed by atoms with E-state index in [0.29, 0.717) is 0 Å². The van der Waals surface area contributed by atoms with Crippen LogP contribution in [0.3, 0.4) is 0 Å². The first-order chi connectivity index (χ1) is 9.74. The van der Waals surface area contributed by atoms with E-state index >= 15 is 0 Å². The minimum Gasteiger partial charge on any atom is -0.378 e. The van der Waals surface area contributed by atoms with Crippen LogP contribution >= 0.6 is 0 Å². The van der Waals surface area contributed by atoms with Crippen LogP contribution in [-0.2, 0) is 0 Å². The van der Waals surface area contributed by atoms with Crippen LogP contribution < -0.4 is 10.2 Å². The molecule has 2 aromatic carbocycles. The molecule has 0 amide bonds. The molecule has 1 aromatic heterocycles. The van der Waals surface area contributed by atoms with Crippen LogP contribution in [-0.4, -0.2) is 24.1 Å². The second kappa shape index (κ2) is 5.17. The Balaban J connectivity index is 1.93. The Bertz CT molecular complexity index is 715. The van der Waals surface area contributed by atoms with Gasteiger partial charge in [0.1, 0.15) is 5.52 Å². The maximum absolute atomic E-state index is 4.39. The zero-order valence-corrected chi connectivity index (χ0v) is 11.5. The summed E-state index contributed by atoms with van der Waals surface area (Å²) >= 11 is 0. The molecule has 0 spiro atoms. The normalized spacial score (nSPS) is 10.5. The summed E-state index contributed by atoms with van der Waals surface area (Å²) in [6.45, 7) is 0. The Morgan fingerprint density at radius 3 is 2.40 bits per heavy atom. The number of hydrogen-bond acceptors (Lipinski definition) is 4. The van der Waals surface area contributed by atoms with E-state index in [0.717, 1.165) is 22.4 Å². The van der Waals surface area contributed by atoms with Crippen LogP contribution in [0.4, 0.5) is 17.1 Å². The van der Waals surface area contributed by atoms with Crippen LogP contribution in [0.1, 0.15) is 0 Å². The fraction of sp³-hybridized carbons (Fsp3) is 0.125. The van der Waals surface area contributed by atoms with E-state index in [2.05, 4.69) is 44.5 Å². The van der Waals surface area contributed by atoms with Gasteiger partial charge in [0, 0.05) is 37.9 Å². The highest BCUT2D eigenvalue weighted by atomic mass is 15.1. The van der Waals surface area contributed by atoms with Crippen LogP contribution in [0.25, 0.3) is 11.0 Å². The molecule has 4 nitrogen and oxygen atoms in total. The van der Waals surface area contributed by atoms with Gasteiger partial charge < -0.3 is 10.2 Å². The molecule has 0 bridgehead atoms. The standard InChI is InChI=1S/C16H16N4/c1-20(2)13-8-6-12(7-9-13)19-15-5-3-4-14-16(15)18-11-10-17-14/h3-11,19H,1-2H3. The van der Waals surface area contributed by atoms with E-state index in [1.807, 2.05) is 32.3 Å². The van der Waals surface area contributed by atoms with Crippen LogP contribution in [0.15, 0.2) is 54.9 Å². The smallest absolute Gasteiger partial charge is 0.112 e. The molecule has 1 N–H and O–H groups in total. The third-order valence-electron chi connectivity index (χ3n) is 3.16. The summed E-state index contributed by atoms with van der Waals surface area (Å²) in [5, 5.41) is 3.39. The van der Waals surface area contributed by atoms with Crippen molar-refractivity contribution in [2.75, 3.05) is 24.3 Å². The van der Waals surface area contributed by atoms with Gasteiger partial charge in [0.2, 0.25) is 0 Å². The van der Waals surface area contributed by atoms with Crippen LogP contribution in [0.2, 0.25) is 0 Å². The highest BCUT2D eigenvalue weighted by Crippen LogP contribution is 2.24. The molecule has 0 saturated carbocycles. The lowest BCUT2D eigenvalue weighted by atomic mass is 10.2. The number of para-hydroxylation sites is 1. The molecule has 4 heteroatoms. The van der Waals surface area contributed by atoms with Gasteiger partial charge in [0.25, 0.3) is 0 Å². The first-order valence-electron chi connectivity index (χ1n) is 6.48. The predicted molar refractivity (Wildman–Crippen MR) is 83.6 cm³/mol. The number of aromatic nitrogens is 2. The second-order valence-corrected chi connectivity index (χ2v) is 4.80. The van der Waals surface area contributed by atoms with Gasteiger partial charge in [-0.2, -0.15) is 0 Å². The number of nitrogens with one attached hydrogen (secondary N) is 1. The van der Waals surface area contributed by atoms with Crippen molar-refractivity contribution < 1.29 is 0 Å². The van der Waals surface area contributed by atoms with Crippen molar-refractivity contribution in [2.24, 2.45) is 0 Å². The van der Waals surface area contributed by atoms with Gasteiger partial charge in [-0.3, -0.25) is 9.97 Å². The highest BCUT2D eigenvalue weighted by molar-refractivity contribution is 5.89. The zero-order valence-electron chi connectivity index (χ0n) is 11.5. The fourth-order valence-corrected chi connectivity index (χ4v) is 2.09. The third-order valence-corrected chi connectivity index (χ3v) is 3.16. The lowest BCUT2D eigenvalue weighted by Crippen LogP contribution is -2.08. The molecule has 0 aliphatic carbocycles. The maximum Gasteiger partial charge on any atom is 0.112 e. The fourth-order valence-electron chi connectivity index (χ4n) is 2.09. The lowest BCUT2D eigenvalue weighted by Gasteiger charge is -2.13. The van der Waals surface area contributed by atoms with Gasteiger partial charge in [-0.25, -0.2) is 0 Å². The van der Waals surface area contributed by atoms with Crippen molar-refractivity contribution in [3.63, 3.8) is 0 Å². The van der Waals surface area contributed by atoms with Crippen molar-refractivity contribution in [3.8, 4) is 0 Å². The molecule has 0 radical (unpaired) electrons. The molecule has 0 atom stereocenters. The Labute approximate surface area is 118 Å². The number of nitrogens with zero attached hydrogens (tertiary/aromatic N) is 3. The van der Waals surface area contributed by atoms with Crippen molar-refractivity contribution >= 4 is 28.1 Å². The summed E-state index contributed by atoms with van der Waals surface area (Å²) in [4.78, 5) is 10.8. The van der Waals surface area contributed by atoms with Gasteiger partial charge in [0.05, 0.1) is 11.2 Å². The molecule has 0 aliphatic rings. The molecular formula is C16H16N4. The van der Waals surface area contributed by atoms with Gasteiger partial charge in [-0.05, 0) is 36.4 Å². The molecule has 3 aromatic rings. The number of anilines is 3. The molecule has 0 fully saturated rings. The van der Waals surface area contributed by atoms with Crippen molar-refractivity contribution in [1.29, 1.82) is 0 Å². The summed E-state index contributed by atoms with van der Waals surface area (Å²) in [5.74, 6) is 0. The largest absolute Gasteiger partial charge is 0.378 e. The number of hydrogen-bond donors (Lipinski definition) is 1. The predicted octanol–water partition coefficient (Wildman–Crippen LogP) is 3.44. The molecule has 0 aliphatic heterocycles. The summed E-state index contributed by atoms with van der Waals surface area (Å²) in [7, 11) is 4.06. The minimum absolute atomic E-state index is 0.881. The Hall–Kier alpha value is -2.62. The first-order valence-corrected chi connectivity index (χ1v) is 6.48. The van der Waals surface area contributed by atoms with Gasteiger partial charge >= 0.3 is 0 Å². The lowest BCUT2D eigenvalue weighted by molar-refractivity contribution is 1.13. The average Bonchev–Trinajstić information content (AvgIpc) is 2.48. The average molecular weight is 264 g/mol. The molecule has 100 valence electrons. The Morgan fingerprint density at radius 1 is 0.900 bits per heavy atom. The van der Waals surface area contributed by atoms with Crippen molar-refractivity contribution in [1.82, 2.24) is 9.97 Å². The van der Waals surface area contributed by atoms with Crippen LogP contribution in [0, 0.1) is 0 Å². The Kier molecular flexibility index (Phi) is 3.21. The zero-order chi connectivity index (χ0) is 13.9. The van der Waals surface area contributed by atoms with E-state index in [1.54, 1.807) is 12.4 Å². The van der Waals surface area contributed by atoms with Gasteiger partial charge in [-0.1, -0.05) is 6.07 Å². The highest BCUT2D eigenvalue weighted by Gasteiger charge is 2.03. The summed E-state index contributed by atoms with van der Waals surface area (Å²) in [6.07, 6.45) is 3.42. The van der Waals surface area contributed by atoms with Gasteiger partial charge in [0.15, 0.2) is 0 Å². The Morgan fingerprint density at radius 2 is 1.65 bits per heavy atom. The van der Waals surface area contributed by atoms with Crippen LogP contribution in [0.5, 0.6) is 0 Å². The number of benzene rings is 2. The van der Waals surface area contributed by atoms with E-state index < -0.39 is 0 Å². The molecule has 3 rings (SSSR count). The molecule has 0 unspecified atom stereocenters. The van der Waals surface area contributed by atoms with E-state index in [9.17, 15) is 0 Å². The van der Waals surface area contributed by atoms with E-state index in [1.165, 1.54) is 5.69 Å². The van der Waals surface area contributed by atoms with Crippen molar-refractivity contribution in [2.45, 2.75) is 0 Å². The monoisotopic (exact) mass is 264 g/mol. The minimum atomic E-state index is 0.881. The third kappa shape index (κ3) is 2.40. The molecule has 20 heavy (non-hydrogen) atoms. The van der Waals surface area contributed by atoms with E-state index in [4.69, 9.17) is 0 Å². The summed E-state index contributed by atoms with van der Waals surface area (Å²) in [5.41, 5.74) is 4.95. The summed E-state index contributed by atoms with van der Waals surface area (Å²) < 4.78 is 0. The SMILES string of the molecule is CN(C)c1ccc(Nc2cccc3nccnc23)cc1. The maximum atomic E-state index is 4.39. The molecule has 1 heterocycles. The molecular weight excluding hydrogens is 248 g/mol.